The molecule has 0 radical (unpaired) electrons. The van der Waals surface area contributed by atoms with Gasteiger partial charge in [-0.1, -0.05) is 6.58 Å². The van der Waals surface area contributed by atoms with Crippen molar-refractivity contribution in [3.8, 4) is 0 Å². The Labute approximate surface area is 207 Å². The van der Waals surface area contributed by atoms with Crippen molar-refractivity contribution < 1.29 is 69.0 Å². The van der Waals surface area contributed by atoms with Crippen molar-refractivity contribution in [2.75, 3.05) is 119 Å². The standard InChI is InChI=1S/3C6H14O4.C3H4O2/c3*7-1-3-9-5-6-10-4-2-8;1-2-3(4)5/h3*7-8H,1-6H2;2H,1H2,(H,4,5). The molecule has 0 saturated carbocycles. The van der Waals surface area contributed by atoms with Crippen LogP contribution in [0, 0.1) is 0 Å². The van der Waals surface area contributed by atoms with Crippen LogP contribution in [0.15, 0.2) is 12.7 Å². The molecular weight excluding hydrogens is 476 g/mol. The van der Waals surface area contributed by atoms with Gasteiger partial charge < -0.3 is 64.2 Å². The zero-order valence-electron chi connectivity index (χ0n) is 20.5. The van der Waals surface area contributed by atoms with Crippen LogP contribution in [-0.4, -0.2) is 161 Å². The summed E-state index contributed by atoms with van der Waals surface area (Å²) in [5.74, 6) is -0.981. The van der Waals surface area contributed by atoms with Crippen molar-refractivity contribution in [1.29, 1.82) is 0 Å². The summed E-state index contributed by atoms with van der Waals surface area (Å²) in [6.45, 7) is 8.15. The lowest BCUT2D eigenvalue weighted by molar-refractivity contribution is -0.131. The second-order valence-corrected chi connectivity index (χ2v) is 5.56. The van der Waals surface area contributed by atoms with E-state index < -0.39 is 5.97 Å². The van der Waals surface area contributed by atoms with Crippen LogP contribution in [0.4, 0.5) is 0 Å². The van der Waals surface area contributed by atoms with Gasteiger partial charge in [0.15, 0.2) is 0 Å². The van der Waals surface area contributed by atoms with Crippen LogP contribution in [0.3, 0.4) is 0 Å². The number of aliphatic hydroxyl groups excluding tert-OH is 6. The molecule has 0 aliphatic heterocycles. The minimum absolute atomic E-state index is 0.0417. The number of carbonyl (C=O) groups is 1. The van der Waals surface area contributed by atoms with Crippen molar-refractivity contribution in [2.45, 2.75) is 0 Å². The van der Waals surface area contributed by atoms with E-state index in [4.69, 9.17) is 64.2 Å². The summed E-state index contributed by atoms with van der Waals surface area (Å²) in [7, 11) is 0. The number of rotatable bonds is 22. The van der Waals surface area contributed by atoms with Crippen LogP contribution >= 0.6 is 0 Å². The summed E-state index contributed by atoms with van der Waals surface area (Å²) in [5, 5.41) is 57.2. The number of carboxylic acid groups (broad SMARTS) is 1. The zero-order valence-corrected chi connectivity index (χ0v) is 20.5. The highest BCUT2D eigenvalue weighted by atomic mass is 16.5. The van der Waals surface area contributed by atoms with Gasteiger partial charge in [0, 0.05) is 6.08 Å². The van der Waals surface area contributed by atoms with Crippen molar-refractivity contribution in [2.24, 2.45) is 0 Å². The first-order valence-corrected chi connectivity index (χ1v) is 11.0. The quantitative estimate of drug-likeness (QED) is 0.0568. The molecule has 0 aliphatic carbocycles. The highest BCUT2D eigenvalue weighted by Crippen LogP contribution is 1.78. The molecule has 0 spiro atoms. The number of hydrogen-bond acceptors (Lipinski definition) is 13. The number of carboxylic acids is 1. The molecule has 14 heteroatoms. The van der Waals surface area contributed by atoms with Crippen LogP contribution < -0.4 is 0 Å². The normalized spacial score (nSPS) is 9.66. The summed E-state index contributed by atoms with van der Waals surface area (Å²) in [6, 6.07) is 0. The molecule has 0 heterocycles. The van der Waals surface area contributed by atoms with E-state index in [-0.39, 0.29) is 39.6 Å². The highest BCUT2D eigenvalue weighted by molar-refractivity contribution is 5.78. The van der Waals surface area contributed by atoms with E-state index in [1.807, 2.05) is 0 Å². The maximum atomic E-state index is 9.25. The molecule has 0 aliphatic rings. The van der Waals surface area contributed by atoms with E-state index in [0.717, 1.165) is 6.08 Å². The number of hydrogen-bond donors (Lipinski definition) is 7. The van der Waals surface area contributed by atoms with Crippen LogP contribution in [0.1, 0.15) is 0 Å². The summed E-state index contributed by atoms with van der Waals surface area (Å²) in [4.78, 5) is 9.25. The second-order valence-electron chi connectivity index (χ2n) is 5.56. The fourth-order valence-corrected chi connectivity index (χ4v) is 1.35. The Balaban J connectivity index is -0.000000188. The van der Waals surface area contributed by atoms with Gasteiger partial charge in [0.25, 0.3) is 0 Å². The summed E-state index contributed by atoms with van der Waals surface area (Å²) >= 11 is 0. The Kier molecular flexibility index (Phi) is 53.9. The maximum Gasteiger partial charge on any atom is 0.327 e. The van der Waals surface area contributed by atoms with Gasteiger partial charge in [-0.25, -0.2) is 4.79 Å². The van der Waals surface area contributed by atoms with Crippen LogP contribution in [0.2, 0.25) is 0 Å². The van der Waals surface area contributed by atoms with E-state index in [0.29, 0.717) is 79.3 Å². The van der Waals surface area contributed by atoms with Gasteiger partial charge in [-0.05, 0) is 0 Å². The molecule has 0 bridgehead atoms. The monoisotopic (exact) mass is 522 g/mol. The van der Waals surface area contributed by atoms with Gasteiger partial charge in [0.05, 0.1) is 119 Å². The molecule has 14 nitrogen and oxygen atoms in total. The fourth-order valence-electron chi connectivity index (χ4n) is 1.35. The lowest BCUT2D eigenvalue weighted by Crippen LogP contribution is -2.09. The molecule has 0 rings (SSSR count). The SMILES string of the molecule is C=CC(=O)O.OCCOCCOCCO.OCCOCCOCCO.OCCOCCOCCO. The molecule has 0 aromatic rings. The van der Waals surface area contributed by atoms with E-state index in [1.54, 1.807) is 0 Å². The number of ether oxygens (including phenoxy) is 6. The van der Waals surface area contributed by atoms with Gasteiger partial charge in [0.1, 0.15) is 0 Å². The van der Waals surface area contributed by atoms with Gasteiger partial charge in [-0.3, -0.25) is 0 Å². The largest absolute Gasteiger partial charge is 0.478 e. The van der Waals surface area contributed by atoms with Crippen LogP contribution in [0.25, 0.3) is 0 Å². The van der Waals surface area contributed by atoms with E-state index in [9.17, 15) is 4.79 Å². The lowest BCUT2D eigenvalue weighted by atomic mass is 10.7. The Morgan fingerprint density at radius 1 is 0.457 bits per heavy atom. The minimum atomic E-state index is -0.981. The summed E-state index contributed by atoms with van der Waals surface area (Å²) in [6.07, 6.45) is 0.833. The first-order valence-electron chi connectivity index (χ1n) is 11.0. The Morgan fingerprint density at radius 2 is 0.600 bits per heavy atom. The highest BCUT2D eigenvalue weighted by Gasteiger charge is 1.88. The van der Waals surface area contributed by atoms with Gasteiger partial charge >= 0.3 is 5.97 Å². The smallest absolute Gasteiger partial charge is 0.327 e. The Hall–Kier alpha value is -1.27. The lowest BCUT2D eigenvalue weighted by Gasteiger charge is -2.01. The number of aliphatic carboxylic acids is 1. The molecule has 0 saturated heterocycles. The van der Waals surface area contributed by atoms with Gasteiger partial charge in [-0.15, -0.1) is 0 Å². The second kappa shape index (κ2) is 46.1. The molecule has 7 N–H and O–H groups in total. The van der Waals surface area contributed by atoms with Gasteiger partial charge in [-0.2, -0.15) is 0 Å². The van der Waals surface area contributed by atoms with Crippen molar-refractivity contribution in [3.63, 3.8) is 0 Å². The third-order valence-corrected chi connectivity index (χ3v) is 2.70. The summed E-state index contributed by atoms with van der Waals surface area (Å²) in [5.41, 5.74) is 0. The molecule has 0 aromatic carbocycles. The van der Waals surface area contributed by atoms with Crippen molar-refractivity contribution >= 4 is 5.97 Å². The molecule has 0 aromatic heterocycles. The van der Waals surface area contributed by atoms with Crippen LogP contribution in [-0.2, 0) is 33.2 Å². The van der Waals surface area contributed by atoms with Crippen LogP contribution in [0.5, 0.6) is 0 Å². The average Bonchev–Trinajstić information content (AvgIpc) is 2.87. The predicted octanol–water partition coefficient (Wildman–Crippen LogP) is -2.73. The predicted molar refractivity (Wildman–Crippen MR) is 125 cm³/mol. The molecular formula is C21H46O14. The fraction of sp³-hybridized carbons (Fsp3) is 0.857. The Bertz CT molecular complexity index is 299. The Morgan fingerprint density at radius 3 is 0.686 bits per heavy atom. The molecule has 0 amide bonds. The molecule has 0 unspecified atom stereocenters. The zero-order chi connectivity index (χ0) is 27.3. The van der Waals surface area contributed by atoms with E-state index >= 15 is 0 Å². The third-order valence-electron chi connectivity index (χ3n) is 2.70. The number of aliphatic hydroxyl groups is 6. The van der Waals surface area contributed by atoms with E-state index in [1.165, 1.54) is 0 Å². The van der Waals surface area contributed by atoms with E-state index in [2.05, 4.69) is 6.58 Å². The molecule has 35 heavy (non-hydrogen) atoms. The van der Waals surface area contributed by atoms with Gasteiger partial charge in [0.2, 0.25) is 0 Å². The van der Waals surface area contributed by atoms with Crippen molar-refractivity contribution in [1.82, 2.24) is 0 Å². The third kappa shape index (κ3) is 65.5. The minimum Gasteiger partial charge on any atom is -0.478 e. The first kappa shape index (κ1) is 40.9. The first-order chi connectivity index (χ1) is 17.0. The van der Waals surface area contributed by atoms with Crippen molar-refractivity contribution in [3.05, 3.63) is 12.7 Å². The molecule has 0 fully saturated rings. The molecule has 214 valence electrons. The topological polar surface area (TPSA) is 214 Å². The summed E-state index contributed by atoms with van der Waals surface area (Å²) < 4.78 is 29.2. The molecule has 0 atom stereocenters. The average molecular weight is 523 g/mol. The maximum absolute atomic E-state index is 9.25.